The van der Waals surface area contributed by atoms with E-state index in [9.17, 15) is 19.8 Å². The van der Waals surface area contributed by atoms with Crippen LogP contribution in [0.4, 0.5) is 0 Å². The lowest BCUT2D eigenvalue weighted by molar-refractivity contribution is -0.151. The van der Waals surface area contributed by atoms with Gasteiger partial charge < -0.3 is 20.3 Å². The molecule has 0 aromatic rings. The number of rotatable bonds is 44. The lowest BCUT2D eigenvalue weighted by Crippen LogP contribution is -2.46. The number of hydrogen-bond acceptors (Lipinski definition) is 5. The van der Waals surface area contributed by atoms with Gasteiger partial charge in [0.05, 0.1) is 25.2 Å². The molecule has 3 atom stereocenters. The van der Waals surface area contributed by atoms with Gasteiger partial charge in [-0.2, -0.15) is 0 Å². The molecule has 0 aliphatic heterocycles. The number of unbranched alkanes of at least 4 members (excludes halogenated alkanes) is 24. The molecule has 6 nitrogen and oxygen atoms in total. The van der Waals surface area contributed by atoms with E-state index in [0.29, 0.717) is 19.3 Å². The summed E-state index contributed by atoms with van der Waals surface area (Å²) in [7, 11) is 0. The lowest BCUT2D eigenvalue weighted by atomic mass is 10.0. The summed E-state index contributed by atoms with van der Waals surface area (Å²) in [5, 5.41) is 23.7. The first-order valence-electron chi connectivity index (χ1n) is 25.2. The molecule has 0 radical (unpaired) electrons. The molecule has 6 heteroatoms. The number of carbonyl (C=O) groups is 2. The highest BCUT2D eigenvalue weighted by Crippen LogP contribution is 2.17. The Morgan fingerprint density at radius 1 is 0.500 bits per heavy atom. The number of ether oxygens (including phenoxy) is 1. The average molecular weight is 838 g/mol. The molecule has 0 saturated carbocycles. The molecule has 0 saturated heterocycles. The molecular weight excluding hydrogens is 743 g/mol. The topological polar surface area (TPSA) is 95.9 Å². The van der Waals surface area contributed by atoms with Gasteiger partial charge in [-0.15, -0.1) is 0 Å². The van der Waals surface area contributed by atoms with E-state index in [-0.39, 0.29) is 24.9 Å². The molecule has 0 aromatic carbocycles. The Balaban J connectivity index is 4.69. The van der Waals surface area contributed by atoms with Gasteiger partial charge in [-0.25, -0.2) is 0 Å². The maximum atomic E-state index is 13.2. The summed E-state index contributed by atoms with van der Waals surface area (Å²) in [6.07, 6.45) is 59.7. The molecule has 0 aromatic heterocycles. The van der Waals surface area contributed by atoms with Crippen LogP contribution < -0.4 is 5.32 Å². The van der Waals surface area contributed by atoms with Gasteiger partial charge in [0, 0.05) is 6.42 Å². The van der Waals surface area contributed by atoms with Gasteiger partial charge >= 0.3 is 5.97 Å². The van der Waals surface area contributed by atoms with Gasteiger partial charge in [-0.3, -0.25) is 9.59 Å². The van der Waals surface area contributed by atoms with E-state index in [4.69, 9.17) is 4.74 Å². The number of aliphatic hydroxyl groups excluding tert-OH is 2. The standard InChI is InChI=1S/C54H95NO5/c1-4-7-10-13-16-19-22-25-28-31-34-37-40-43-46-52(57)51(49-56)55-53(58)48-50(45-42-39-36-33-30-27-24-21-18-15-12-9-6-3)60-54(59)47-44-41-38-35-32-29-26-23-20-17-14-11-8-5-2/h9,12,15,18,21,24,27,29-30,32-33,36,50-52,56-57H,4-8,10-11,13-14,16-17,19-20,22-23,25-26,28,31,34-35,37-49H2,1-3H3,(H,55,58)/b12-9+,18-15+,24-21-,30-27-,32-29-,36-33+. The van der Waals surface area contributed by atoms with Gasteiger partial charge in [0.1, 0.15) is 6.10 Å². The summed E-state index contributed by atoms with van der Waals surface area (Å²) in [6, 6.07) is -0.729. The first-order valence-corrected chi connectivity index (χ1v) is 25.2. The monoisotopic (exact) mass is 838 g/mol. The number of allylic oxidation sites excluding steroid dienone is 12. The fourth-order valence-corrected chi connectivity index (χ4v) is 7.33. The van der Waals surface area contributed by atoms with Crippen LogP contribution in [-0.4, -0.2) is 46.9 Å². The number of carbonyl (C=O) groups excluding carboxylic acids is 2. The second-order valence-electron chi connectivity index (χ2n) is 17.0. The summed E-state index contributed by atoms with van der Waals surface area (Å²) >= 11 is 0. The van der Waals surface area contributed by atoms with Crippen LogP contribution >= 0.6 is 0 Å². The van der Waals surface area contributed by atoms with Crippen LogP contribution in [0.1, 0.15) is 233 Å². The molecule has 3 unspecified atom stereocenters. The summed E-state index contributed by atoms with van der Waals surface area (Å²) < 4.78 is 5.88. The van der Waals surface area contributed by atoms with Crippen molar-refractivity contribution in [3.8, 4) is 0 Å². The van der Waals surface area contributed by atoms with Crippen molar-refractivity contribution in [3.05, 3.63) is 72.9 Å². The maximum Gasteiger partial charge on any atom is 0.306 e. The van der Waals surface area contributed by atoms with Crippen LogP contribution in [0.5, 0.6) is 0 Å². The smallest absolute Gasteiger partial charge is 0.306 e. The Bertz CT molecular complexity index is 1120. The van der Waals surface area contributed by atoms with Crippen molar-refractivity contribution >= 4 is 11.9 Å². The minimum Gasteiger partial charge on any atom is -0.462 e. The van der Waals surface area contributed by atoms with E-state index in [0.717, 1.165) is 70.6 Å². The number of aliphatic hydroxyl groups is 2. The van der Waals surface area contributed by atoms with Gasteiger partial charge in [-0.1, -0.05) is 229 Å². The second-order valence-corrected chi connectivity index (χ2v) is 17.0. The second kappa shape index (κ2) is 47.4. The SMILES string of the molecule is CC/C=C/C=C/C=C\C=C/C=C/CCCC(CC(=O)NC(CO)C(O)CCCCCCCCCCCCCCCC)OC(=O)CCCCC/C=C\CCCCCCCCC. The number of amides is 1. The van der Waals surface area contributed by atoms with E-state index in [1.54, 1.807) is 0 Å². The van der Waals surface area contributed by atoms with Crippen molar-refractivity contribution in [1.82, 2.24) is 5.32 Å². The first kappa shape index (κ1) is 57.3. The third-order valence-electron chi connectivity index (χ3n) is 11.1. The van der Waals surface area contributed by atoms with Gasteiger partial charge in [-0.05, 0) is 64.2 Å². The maximum absolute atomic E-state index is 13.2. The predicted octanol–water partition coefficient (Wildman–Crippen LogP) is 15.0. The van der Waals surface area contributed by atoms with Crippen molar-refractivity contribution in [2.75, 3.05) is 6.61 Å². The number of esters is 1. The normalized spacial score (nSPS) is 13.9. The van der Waals surface area contributed by atoms with E-state index in [1.807, 2.05) is 48.6 Å². The van der Waals surface area contributed by atoms with Crippen LogP contribution in [0.15, 0.2) is 72.9 Å². The highest BCUT2D eigenvalue weighted by Gasteiger charge is 2.24. The van der Waals surface area contributed by atoms with Crippen molar-refractivity contribution in [2.45, 2.75) is 251 Å². The molecule has 0 rings (SSSR count). The Morgan fingerprint density at radius 2 is 0.933 bits per heavy atom. The zero-order chi connectivity index (χ0) is 43.8. The molecule has 3 N–H and O–H groups in total. The highest BCUT2D eigenvalue weighted by atomic mass is 16.5. The van der Waals surface area contributed by atoms with Crippen LogP contribution in [0, 0.1) is 0 Å². The summed E-state index contributed by atoms with van der Waals surface area (Å²) in [5.41, 5.74) is 0. The van der Waals surface area contributed by atoms with Gasteiger partial charge in [0.25, 0.3) is 0 Å². The van der Waals surface area contributed by atoms with Crippen molar-refractivity contribution in [2.24, 2.45) is 0 Å². The van der Waals surface area contributed by atoms with Crippen LogP contribution in [-0.2, 0) is 14.3 Å². The molecule has 0 heterocycles. The fourth-order valence-electron chi connectivity index (χ4n) is 7.33. The van der Waals surface area contributed by atoms with E-state index in [2.05, 4.69) is 50.4 Å². The molecular formula is C54H95NO5. The average Bonchev–Trinajstić information content (AvgIpc) is 3.24. The van der Waals surface area contributed by atoms with Crippen LogP contribution in [0.3, 0.4) is 0 Å². The third kappa shape index (κ3) is 42.0. The van der Waals surface area contributed by atoms with E-state index < -0.39 is 18.2 Å². The Kier molecular flexibility index (Phi) is 45.2. The van der Waals surface area contributed by atoms with Crippen molar-refractivity contribution in [3.63, 3.8) is 0 Å². The molecule has 60 heavy (non-hydrogen) atoms. The molecule has 0 bridgehead atoms. The van der Waals surface area contributed by atoms with Crippen molar-refractivity contribution < 1.29 is 24.5 Å². The van der Waals surface area contributed by atoms with Gasteiger partial charge in [0.15, 0.2) is 0 Å². The number of nitrogens with one attached hydrogen (secondary N) is 1. The molecule has 0 aliphatic rings. The number of hydrogen-bond donors (Lipinski definition) is 3. The molecule has 0 spiro atoms. The Morgan fingerprint density at radius 3 is 1.43 bits per heavy atom. The van der Waals surface area contributed by atoms with Crippen LogP contribution in [0.25, 0.3) is 0 Å². The zero-order valence-electron chi connectivity index (χ0n) is 39.3. The summed E-state index contributed by atoms with van der Waals surface area (Å²) in [4.78, 5) is 26.1. The minimum atomic E-state index is -0.811. The Labute approximate surface area is 371 Å². The molecule has 1 amide bonds. The van der Waals surface area contributed by atoms with Crippen LogP contribution in [0.2, 0.25) is 0 Å². The predicted molar refractivity (Wildman–Crippen MR) is 259 cm³/mol. The molecule has 346 valence electrons. The lowest BCUT2D eigenvalue weighted by Gasteiger charge is -2.24. The Hall–Kier alpha value is -2.70. The largest absolute Gasteiger partial charge is 0.462 e. The summed E-state index contributed by atoms with van der Waals surface area (Å²) in [6.45, 7) is 6.31. The molecule has 0 fully saturated rings. The van der Waals surface area contributed by atoms with E-state index >= 15 is 0 Å². The first-order chi connectivity index (χ1) is 29.5. The fraction of sp³-hybridized carbons (Fsp3) is 0.741. The highest BCUT2D eigenvalue weighted by molar-refractivity contribution is 5.77. The quantitative estimate of drug-likeness (QED) is 0.0246. The van der Waals surface area contributed by atoms with E-state index in [1.165, 1.54) is 116 Å². The molecule has 0 aliphatic carbocycles. The van der Waals surface area contributed by atoms with Crippen molar-refractivity contribution in [1.29, 1.82) is 0 Å². The minimum absolute atomic E-state index is 0.0206. The summed E-state index contributed by atoms with van der Waals surface area (Å²) in [5.74, 6) is -0.567. The zero-order valence-corrected chi connectivity index (χ0v) is 39.3. The third-order valence-corrected chi connectivity index (χ3v) is 11.1. The van der Waals surface area contributed by atoms with Gasteiger partial charge in [0.2, 0.25) is 5.91 Å².